The minimum Gasteiger partial charge on any atom is -0.378 e. The molecular formula is C14H16N4O3. The van der Waals surface area contributed by atoms with Crippen LogP contribution >= 0.6 is 0 Å². The molecule has 0 saturated carbocycles. The maximum atomic E-state index is 11.9. The third kappa shape index (κ3) is 4.07. The summed E-state index contributed by atoms with van der Waals surface area (Å²) in [6.07, 6.45) is -0.0748. The Hall–Kier alpha value is -2.83. The van der Waals surface area contributed by atoms with E-state index in [9.17, 15) is 14.4 Å². The Kier molecular flexibility index (Phi) is 4.22. The number of nitrogens with one attached hydrogen (secondary N) is 3. The summed E-state index contributed by atoms with van der Waals surface area (Å²) in [5.74, 6) is -0.311. The third-order valence-electron chi connectivity index (χ3n) is 2.83. The number of benzene rings is 1. The van der Waals surface area contributed by atoms with Gasteiger partial charge in [-0.05, 0) is 24.3 Å². The monoisotopic (exact) mass is 288 g/mol. The van der Waals surface area contributed by atoms with Crippen LogP contribution in [0.3, 0.4) is 0 Å². The molecule has 0 radical (unpaired) electrons. The number of nitrogens with zero attached hydrogens (tertiary/aromatic N) is 1. The van der Waals surface area contributed by atoms with E-state index in [4.69, 9.17) is 0 Å². The number of anilines is 2. The van der Waals surface area contributed by atoms with Crippen molar-refractivity contribution in [3.63, 3.8) is 0 Å². The summed E-state index contributed by atoms with van der Waals surface area (Å²) in [7, 11) is 3.85. The highest BCUT2D eigenvalue weighted by Gasteiger charge is 2.06. The van der Waals surface area contributed by atoms with Gasteiger partial charge in [-0.2, -0.15) is 0 Å². The van der Waals surface area contributed by atoms with Gasteiger partial charge in [-0.1, -0.05) is 0 Å². The van der Waals surface area contributed by atoms with Crippen LogP contribution in [-0.2, 0) is 11.2 Å². The predicted octanol–water partition coefficient (Wildman–Crippen LogP) is 0.310. The van der Waals surface area contributed by atoms with Crippen molar-refractivity contribution in [3.8, 4) is 0 Å². The Bertz CT molecular complexity index is 716. The van der Waals surface area contributed by atoms with E-state index in [1.165, 1.54) is 6.07 Å². The third-order valence-corrected chi connectivity index (χ3v) is 2.83. The van der Waals surface area contributed by atoms with Crippen LogP contribution in [0.2, 0.25) is 0 Å². The Balaban J connectivity index is 2.04. The molecule has 110 valence electrons. The van der Waals surface area contributed by atoms with Gasteiger partial charge in [-0.25, -0.2) is 4.79 Å². The van der Waals surface area contributed by atoms with E-state index >= 15 is 0 Å². The molecule has 0 atom stereocenters. The maximum Gasteiger partial charge on any atom is 0.325 e. The normalized spacial score (nSPS) is 10.2. The molecule has 0 saturated heterocycles. The van der Waals surface area contributed by atoms with Crippen LogP contribution in [0.4, 0.5) is 11.4 Å². The van der Waals surface area contributed by atoms with Gasteiger partial charge in [-0.15, -0.1) is 0 Å². The molecule has 1 amide bonds. The lowest BCUT2D eigenvalue weighted by molar-refractivity contribution is -0.115. The fraction of sp³-hybridized carbons (Fsp3) is 0.214. The molecule has 2 aromatic rings. The second-order valence-electron chi connectivity index (χ2n) is 4.78. The van der Waals surface area contributed by atoms with Gasteiger partial charge in [-0.3, -0.25) is 14.6 Å². The summed E-state index contributed by atoms with van der Waals surface area (Å²) in [5, 5.41) is 2.70. The first-order valence-electron chi connectivity index (χ1n) is 6.34. The summed E-state index contributed by atoms with van der Waals surface area (Å²) in [4.78, 5) is 40.5. The zero-order valence-electron chi connectivity index (χ0n) is 11.8. The maximum absolute atomic E-state index is 11.9. The fourth-order valence-corrected chi connectivity index (χ4v) is 1.84. The number of hydrogen-bond acceptors (Lipinski definition) is 4. The number of aromatic amines is 2. The molecule has 0 aliphatic heterocycles. The van der Waals surface area contributed by atoms with Gasteiger partial charge in [0.15, 0.2) is 0 Å². The molecule has 0 fully saturated rings. The first-order valence-corrected chi connectivity index (χ1v) is 6.34. The summed E-state index contributed by atoms with van der Waals surface area (Å²) >= 11 is 0. The molecular weight excluding hydrogens is 272 g/mol. The number of H-pyrrole nitrogens is 2. The second kappa shape index (κ2) is 6.08. The van der Waals surface area contributed by atoms with Gasteiger partial charge in [0.05, 0.1) is 6.42 Å². The smallest absolute Gasteiger partial charge is 0.325 e. The lowest BCUT2D eigenvalue weighted by Gasteiger charge is -2.13. The molecule has 0 bridgehead atoms. The number of hydrogen-bond donors (Lipinski definition) is 3. The van der Waals surface area contributed by atoms with E-state index in [0.717, 1.165) is 5.69 Å². The summed E-state index contributed by atoms with van der Waals surface area (Å²) < 4.78 is 0. The predicted molar refractivity (Wildman–Crippen MR) is 80.8 cm³/mol. The van der Waals surface area contributed by atoms with E-state index in [0.29, 0.717) is 5.69 Å². The van der Waals surface area contributed by atoms with Crippen LogP contribution in [0.5, 0.6) is 0 Å². The van der Waals surface area contributed by atoms with Crippen molar-refractivity contribution < 1.29 is 4.79 Å². The summed E-state index contributed by atoms with van der Waals surface area (Å²) in [5.41, 5.74) is 0.786. The fourth-order valence-electron chi connectivity index (χ4n) is 1.84. The topological polar surface area (TPSA) is 98.1 Å². The first kappa shape index (κ1) is 14.6. The van der Waals surface area contributed by atoms with Crippen LogP contribution in [0.1, 0.15) is 5.69 Å². The molecule has 1 heterocycles. The zero-order chi connectivity index (χ0) is 15.4. The van der Waals surface area contributed by atoms with Crippen LogP contribution < -0.4 is 21.5 Å². The van der Waals surface area contributed by atoms with Crippen molar-refractivity contribution >= 4 is 17.3 Å². The molecule has 0 aliphatic carbocycles. The molecule has 3 N–H and O–H groups in total. The lowest BCUT2D eigenvalue weighted by atomic mass is 10.2. The van der Waals surface area contributed by atoms with Gasteiger partial charge in [0.25, 0.3) is 5.56 Å². The summed E-state index contributed by atoms with van der Waals surface area (Å²) in [6, 6.07) is 8.52. The van der Waals surface area contributed by atoms with Crippen molar-refractivity contribution in [2.45, 2.75) is 6.42 Å². The highest BCUT2D eigenvalue weighted by atomic mass is 16.2. The number of amides is 1. The molecule has 0 unspecified atom stereocenters. The van der Waals surface area contributed by atoms with Crippen molar-refractivity contribution in [2.75, 3.05) is 24.3 Å². The molecule has 0 spiro atoms. The van der Waals surface area contributed by atoms with E-state index in [2.05, 4.69) is 10.3 Å². The van der Waals surface area contributed by atoms with E-state index in [1.807, 2.05) is 36.1 Å². The SMILES string of the molecule is CN(C)c1ccc(NC(=O)Cc2cc(=O)[nH]c(=O)[nH]2)cc1. The Labute approximate surface area is 120 Å². The number of carbonyl (C=O) groups excluding carboxylic acids is 1. The number of carbonyl (C=O) groups is 1. The standard InChI is InChI=1S/C14H16N4O3/c1-18(2)11-5-3-9(4-6-11)15-12(19)7-10-8-13(20)17-14(21)16-10/h3-6,8H,7H2,1-2H3,(H,15,19)(H2,16,17,20,21). The van der Waals surface area contributed by atoms with Crippen LogP contribution in [0.15, 0.2) is 39.9 Å². The summed E-state index contributed by atoms with van der Waals surface area (Å²) in [6.45, 7) is 0. The number of aromatic nitrogens is 2. The molecule has 0 aliphatic rings. The minimum atomic E-state index is -0.624. The molecule has 7 nitrogen and oxygen atoms in total. The van der Waals surface area contributed by atoms with E-state index in [-0.39, 0.29) is 18.0 Å². The molecule has 7 heteroatoms. The lowest BCUT2D eigenvalue weighted by Crippen LogP contribution is -2.25. The Morgan fingerprint density at radius 2 is 1.81 bits per heavy atom. The largest absolute Gasteiger partial charge is 0.378 e. The van der Waals surface area contributed by atoms with Crippen LogP contribution in [-0.4, -0.2) is 30.0 Å². The van der Waals surface area contributed by atoms with Gasteiger partial charge in [0, 0.05) is 37.2 Å². The van der Waals surface area contributed by atoms with Crippen molar-refractivity contribution in [3.05, 3.63) is 56.9 Å². The van der Waals surface area contributed by atoms with Crippen molar-refractivity contribution in [2.24, 2.45) is 0 Å². The average molecular weight is 288 g/mol. The molecule has 21 heavy (non-hydrogen) atoms. The van der Waals surface area contributed by atoms with Crippen molar-refractivity contribution in [1.29, 1.82) is 0 Å². The average Bonchev–Trinajstić information content (AvgIpc) is 2.37. The van der Waals surface area contributed by atoms with Gasteiger partial charge in [0.2, 0.25) is 5.91 Å². The highest BCUT2D eigenvalue weighted by molar-refractivity contribution is 5.92. The Morgan fingerprint density at radius 3 is 2.38 bits per heavy atom. The zero-order valence-corrected chi connectivity index (χ0v) is 11.8. The van der Waals surface area contributed by atoms with Gasteiger partial charge < -0.3 is 15.2 Å². The molecule has 1 aromatic heterocycles. The van der Waals surface area contributed by atoms with E-state index < -0.39 is 11.2 Å². The molecule has 2 rings (SSSR count). The van der Waals surface area contributed by atoms with Gasteiger partial charge >= 0.3 is 5.69 Å². The van der Waals surface area contributed by atoms with Crippen LogP contribution in [0, 0.1) is 0 Å². The quantitative estimate of drug-likeness (QED) is 0.754. The van der Waals surface area contributed by atoms with E-state index in [1.54, 1.807) is 12.1 Å². The minimum absolute atomic E-state index is 0.0748. The number of rotatable bonds is 4. The Morgan fingerprint density at radius 1 is 1.14 bits per heavy atom. The first-order chi connectivity index (χ1) is 9.94. The molecule has 1 aromatic carbocycles. The second-order valence-corrected chi connectivity index (χ2v) is 4.78. The highest BCUT2D eigenvalue weighted by Crippen LogP contribution is 2.15. The van der Waals surface area contributed by atoms with Crippen LogP contribution in [0.25, 0.3) is 0 Å². The van der Waals surface area contributed by atoms with Gasteiger partial charge in [0.1, 0.15) is 0 Å². The van der Waals surface area contributed by atoms with Crippen molar-refractivity contribution in [1.82, 2.24) is 9.97 Å².